The SMILES string of the molecule is CCCCN1CCC(C#N)(SC)CC1. The molecule has 1 heterocycles. The molecule has 1 fully saturated rings. The molecule has 1 saturated heterocycles. The Morgan fingerprint density at radius 1 is 1.43 bits per heavy atom. The van der Waals surface area contributed by atoms with Gasteiger partial charge in [0.15, 0.2) is 0 Å². The van der Waals surface area contributed by atoms with Crippen LogP contribution in [0.2, 0.25) is 0 Å². The van der Waals surface area contributed by atoms with Gasteiger partial charge >= 0.3 is 0 Å². The second kappa shape index (κ2) is 5.63. The number of likely N-dealkylation sites (tertiary alicyclic amines) is 1. The van der Waals surface area contributed by atoms with Gasteiger partial charge in [-0.3, -0.25) is 0 Å². The molecule has 0 aromatic heterocycles. The van der Waals surface area contributed by atoms with E-state index in [1.165, 1.54) is 19.4 Å². The molecule has 80 valence electrons. The molecule has 14 heavy (non-hydrogen) atoms. The fourth-order valence-corrected chi connectivity index (χ4v) is 2.56. The summed E-state index contributed by atoms with van der Waals surface area (Å²) in [5.41, 5.74) is 0. The summed E-state index contributed by atoms with van der Waals surface area (Å²) in [6.07, 6.45) is 6.69. The van der Waals surface area contributed by atoms with Gasteiger partial charge in [-0.05, 0) is 32.1 Å². The number of piperidine rings is 1. The minimum absolute atomic E-state index is 0.0806. The molecule has 1 rings (SSSR count). The molecule has 1 aliphatic heterocycles. The van der Waals surface area contributed by atoms with E-state index in [4.69, 9.17) is 5.26 Å². The van der Waals surface area contributed by atoms with Crippen molar-refractivity contribution < 1.29 is 0 Å². The van der Waals surface area contributed by atoms with Crippen LogP contribution in [0.5, 0.6) is 0 Å². The smallest absolute Gasteiger partial charge is 0.104 e. The average molecular weight is 212 g/mol. The number of unbranched alkanes of at least 4 members (excludes halogenated alkanes) is 1. The Kier molecular flexibility index (Phi) is 4.77. The Morgan fingerprint density at radius 3 is 2.50 bits per heavy atom. The van der Waals surface area contributed by atoms with Gasteiger partial charge in [-0.15, -0.1) is 11.8 Å². The molecule has 0 radical (unpaired) electrons. The van der Waals surface area contributed by atoms with Crippen LogP contribution in [-0.2, 0) is 0 Å². The summed E-state index contributed by atoms with van der Waals surface area (Å²) in [6.45, 7) is 5.65. The second-order valence-corrected chi connectivity index (χ2v) is 5.20. The molecule has 0 unspecified atom stereocenters. The summed E-state index contributed by atoms with van der Waals surface area (Å²) in [5.74, 6) is 0. The Balaban J connectivity index is 2.34. The van der Waals surface area contributed by atoms with Crippen molar-refractivity contribution in [1.29, 1.82) is 5.26 Å². The van der Waals surface area contributed by atoms with Crippen molar-refractivity contribution in [2.75, 3.05) is 25.9 Å². The minimum Gasteiger partial charge on any atom is -0.303 e. The van der Waals surface area contributed by atoms with Crippen LogP contribution in [0, 0.1) is 11.3 Å². The van der Waals surface area contributed by atoms with Gasteiger partial charge < -0.3 is 4.90 Å². The number of thioether (sulfide) groups is 1. The van der Waals surface area contributed by atoms with E-state index in [1.807, 2.05) is 0 Å². The lowest BCUT2D eigenvalue weighted by Gasteiger charge is -2.36. The highest BCUT2D eigenvalue weighted by atomic mass is 32.2. The van der Waals surface area contributed by atoms with Gasteiger partial charge in [0.1, 0.15) is 4.75 Å². The second-order valence-electron chi connectivity index (χ2n) is 4.01. The molecule has 0 atom stereocenters. The van der Waals surface area contributed by atoms with E-state index in [2.05, 4.69) is 24.1 Å². The van der Waals surface area contributed by atoms with Gasteiger partial charge in [-0.25, -0.2) is 0 Å². The molecule has 0 aromatic rings. The lowest BCUT2D eigenvalue weighted by atomic mass is 9.97. The van der Waals surface area contributed by atoms with Crippen molar-refractivity contribution in [3.8, 4) is 6.07 Å². The standard InChI is InChI=1S/C11H20N2S/c1-3-4-7-13-8-5-11(10-12,14-2)6-9-13/h3-9H2,1-2H3. The Morgan fingerprint density at radius 2 is 2.07 bits per heavy atom. The molecule has 3 heteroatoms. The first kappa shape index (κ1) is 11.9. The molecule has 0 spiro atoms. The number of hydrogen-bond donors (Lipinski definition) is 0. The fraction of sp³-hybridized carbons (Fsp3) is 0.909. The number of nitrogens with zero attached hydrogens (tertiary/aromatic N) is 2. The zero-order valence-corrected chi connectivity index (χ0v) is 10.1. The van der Waals surface area contributed by atoms with Gasteiger partial charge in [0, 0.05) is 13.1 Å². The predicted octanol–water partition coefficient (Wildman–Crippen LogP) is 2.51. The zero-order valence-electron chi connectivity index (χ0n) is 9.25. The third kappa shape index (κ3) is 2.90. The van der Waals surface area contributed by atoms with Crippen LogP contribution < -0.4 is 0 Å². The van der Waals surface area contributed by atoms with Crippen LogP contribution in [0.3, 0.4) is 0 Å². The number of nitriles is 1. The lowest BCUT2D eigenvalue weighted by molar-refractivity contribution is 0.214. The Labute approximate surface area is 91.7 Å². The van der Waals surface area contributed by atoms with Crippen molar-refractivity contribution >= 4 is 11.8 Å². The molecular formula is C11H20N2S. The van der Waals surface area contributed by atoms with E-state index in [9.17, 15) is 0 Å². The monoisotopic (exact) mass is 212 g/mol. The quantitative estimate of drug-likeness (QED) is 0.716. The normalized spacial score (nSPS) is 21.8. The van der Waals surface area contributed by atoms with E-state index in [1.54, 1.807) is 11.8 Å². The van der Waals surface area contributed by atoms with Gasteiger partial charge in [-0.2, -0.15) is 5.26 Å². The van der Waals surface area contributed by atoms with Crippen LogP contribution in [0.4, 0.5) is 0 Å². The summed E-state index contributed by atoms with van der Waals surface area (Å²) in [5, 5.41) is 9.11. The topological polar surface area (TPSA) is 27.0 Å². The van der Waals surface area contributed by atoms with Crippen LogP contribution in [0.25, 0.3) is 0 Å². The molecule has 0 aromatic carbocycles. The molecule has 0 saturated carbocycles. The zero-order chi connectivity index (χ0) is 10.4. The molecule has 0 amide bonds. The highest BCUT2D eigenvalue weighted by molar-refractivity contribution is 8.00. The summed E-state index contributed by atoms with van der Waals surface area (Å²) in [7, 11) is 0. The third-order valence-corrected chi connectivity index (χ3v) is 4.37. The highest BCUT2D eigenvalue weighted by Gasteiger charge is 2.33. The first-order valence-corrected chi connectivity index (χ1v) is 6.67. The number of rotatable bonds is 4. The van der Waals surface area contributed by atoms with Crippen molar-refractivity contribution in [2.45, 2.75) is 37.4 Å². The van der Waals surface area contributed by atoms with Gasteiger partial charge in [0.25, 0.3) is 0 Å². The van der Waals surface area contributed by atoms with Crippen molar-refractivity contribution in [2.24, 2.45) is 0 Å². The molecule has 1 aliphatic rings. The van der Waals surface area contributed by atoms with E-state index in [-0.39, 0.29) is 4.75 Å². The van der Waals surface area contributed by atoms with Crippen LogP contribution in [-0.4, -0.2) is 35.5 Å². The molecule has 0 bridgehead atoms. The maximum Gasteiger partial charge on any atom is 0.104 e. The lowest BCUT2D eigenvalue weighted by Crippen LogP contribution is -2.41. The van der Waals surface area contributed by atoms with Crippen molar-refractivity contribution in [3.05, 3.63) is 0 Å². The first-order chi connectivity index (χ1) is 6.76. The Bertz CT molecular complexity index is 202. The largest absolute Gasteiger partial charge is 0.303 e. The first-order valence-electron chi connectivity index (χ1n) is 5.45. The van der Waals surface area contributed by atoms with Gasteiger partial charge in [-0.1, -0.05) is 13.3 Å². The predicted molar refractivity (Wildman–Crippen MR) is 62.4 cm³/mol. The van der Waals surface area contributed by atoms with E-state index < -0.39 is 0 Å². The molecule has 0 N–H and O–H groups in total. The van der Waals surface area contributed by atoms with Gasteiger partial charge in [0.05, 0.1) is 6.07 Å². The average Bonchev–Trinajstić information content (AvgIpc) is 2.27. The fourth-order valence-electron chi connectivity index (χ4n) is 1.88. The third-order valence-electron chi connectivity index (χ3n) is 3.09. The summed E-state index contributed by atoms with van der Waals surface area (Å²) in [4.78, 5) is 2.50. The summed E-state index contributed by atoms with van der Waals surface area (Å²) < 4.78 is -0.0806. The molecule has 0 aliphatic carbocycles. The number of hydrogen-bond acceptors (Lipinski definition) is 3. The van der Waals surface area contributed by atoms with Crippen LogP contribution >= 0.6 is 11.8 Å². The highest BCUT2D eigenvalue weighted by Crippen LogP contribution is 2.33. The van der Waals surface area contributed by atoms with E-state index in [0.29, 0.717) is 0 Å². The maximum absolute atomic E-state index is 9.11. The van der Waals surface area contributed by atoms with Crippen LogP contribution in [0.15, 0.2) is 0 Å². The van der Waals surface area contributed by atoms with Crippen molar-refractivity contribution in [1.82, 2.24) is 4.90 Å². The van der Waals surface area contributed by atoms with Gasteiger partial charge in [0.2, 0.25) is 0 Å². The summed E-state index contributed by atoms with van der Waals surface area (Å²) in [6, 6.07) is 2.48. The molecular weight excluding hydrogens is 192 g/mol. The summed E-state index contributed by atoms with van der Waals surface area (Å²) >= 11 is 1.73. The van der Waals surface area contributed by atoms with E-state index in [0.717, 1.165) is 25.9 Å². The minimum atomic E-state index is -0.0806. The van der Waals surface area contributed by atoms with Crippen LogP contribution in [0.1, 0.15) is 32.6 Å². The maximum atomic E-state index is 9.11. The Hall–Kier alpha value is -0.200. The molecule has 2 nitrogen and oxygen atoms in total. The van der Waals surface area contributed by atoms with E-state index >= 15 is 0 Å². The van der Waals surface area contributed by atoms with Crippen molar-refractivity contribution in [3.63, 3.8) is 0 Å².